The first-order valence-corrected chi connectivity index (χ1v) is 7.18. The Morgan fingerprint density at radius 1 is 1.32 bits per heavy atom. The van der Waals surface area contributed by atoms with Gasteiger partial charge in [-0.3, -0.25) is 14.9 Å². The number of rotatable bonds is 4. The minimum atomic E-state index is -0.584. The van der Waals surface area contributed by atoms with Crippen molar-refractivity contribution in [2.24, 2.45) is 5.10 Å². The van der Waals surface area contributed by atoms with Crippen LogP contribution in [0.4, 0.5) is 5.69 Å². The molecule has 0 aromatic heterocycles. The molecule has 0 saturated carbocycles. The number of nitro groups is 1. The van der Waals surface area contributed by atoms with Crippen molar-refractivity contribution in [1.82, 2.24) is 5.43 Å². The molecule has 0 fully saturated rings. The first kappa shape index (κ1) is 16.1. The number of nitro benzene ring substituents is 1. The molecule has 2 aromatic rings. The fourth-order valence-electron chi connectivity index (χ4n) is 1.62. The van der Waals surface area contributed by atoms with Crippen LogP contribution in [0, 0.1) is 10.1 Å². The summed E-state index contributed by atoms with van der Waals surface area (Å²) in [7, 11) is 0. The Kier molecular flexibility index (Phi) is 5.24. The Morgan fingerprint density at radius 2 is 2.05 bits per heavy atom. The minimum absolute atomic E-state index is 0.0411. The molecule has 0 aliphatic rings. The van der Waals surface area contributed by atoms with Gasteiger partial charge in [-0.15, -0.1) is 0 Å². The topological polar surface area (TPSA) is 84.6 Å². The van der Waals surface area contributed by atoms with Crippen LogP contribution in [0.1, 0.15) is 15.9 Å². The van der Waals surface area contributed by atoms with Crippen LogP contribution in [0.25, 0.3) is 0 Å². The zero-order chi connectivity index (χ0) is 16.1. The SMILES string of the molecule is O=C(N/N=C/c1ccc(Cl)c([N+](=O)[O-])c1)c1ccccc1Br. The molecule has 2 rings (SSSR count). The predicted molar refractivity (Wildman–Crippen MR) is 87.3 cm³/mol. The number of amides is 1. The van der Waals surface area contributed by atoms with Gasteiger partial charge in [0.1, 0.15) is 5.02 Å². The summed E-state index contributed by atoms with van der Waals surface area (Å²) in [5.41, 5.74) is 3.01. The first-order chi connectivity index (χ1) is 10.5. The zero-order valence-electron chi connectivity index (χ0n) is 11.0. The number of carbonyl (C=O) groups excluding carboxylic acids is 1. The van der Waals surface area contributed by atoms with Gasteiger partial charge in [-0.2, -0.15) is 5.10 Å². The lowest BCUT2D eigenvalue weighted by atomic mass is 10.2. The number of nitrogens with zero attached hydrogens (tertiary/aromatic N) is 2. The minimum Gasteiger partial charge on any atom is -0.267 e. The van der Waals surface area contributed by atoms with Crippen molar-refractivity contribution in [3.63, 3.8) is 0 Å². The van der Waals surface area contributed by atoms with Crippen LogP contribution in [0.2, 0.25) is 5.02 Å². The second kappa shape index (κ2) is 7.15. The van der Waals surface area contributed by atoms with Crippen LogP contribution < -0.4 is 5.43 Å². The largest absolute Gasteiger partial charge is 0.288 e. The second-order valence-corrected chi connectivity index (χ2v) is 5.41. The molecule has 22 heavy (non-hydrogen) atoms. The third kappa shape index (κ3) is 3.90. The van der Waals surface area contributed by atoms with Crippen LogP contribution in [-0.4, -0.2) is 17.0 Å². The highest BCUT2D eigenvalue weighted by Crippen LogP contribution is 2.24. The van der Waals surface area contributed by atoms with Gasteiger partial charge in [0.15, 0.2) is 0 Å². The van der Waals surface area contributed by atoms with Gasteiger partial charge in [0.2, 0.25) is 0 Å². The van der Waals surface area contributed by atoms with E-state index in [1.807, 2.05) is 0 Å². The Balaban J connectivity index is 2.10. The first-order valence-electron chi connectivity index (χ1n) is 6.01. The molecule has 1 amide bonds. The summed E-state index contributed by atoms with van der Waals surface area (Å²) in [5, 5.41) is 14.6. The van der Waals surface area contributed by atoms with Gasteiger partial charge in [-0.05, 0) is 34.1 Å². The van der Waals surface area contributed by atoms with Crippen LogP contribution in [-0.2, 0) is 0 Å². The lowest BCUT2D eigenvalue weighted by Crippen LogP contribution is -2.18. The number of hydrogen-bond donors (Lipinski definition) is 1. The molecule has 6 nitrogen and oxygen atoms in total. The molecule has 0 radical (unpaired) electrons. The lowest BCUT2D eigenvalue weighted by Gasteiger charge is -2.02. The van der Waals surface area contributed by atoms with Gasteiger partial charge in [0.05, 0.1) is 16.7 Å². The van der Waals surface area contributed by atoms with E-state index in [-0.39, 0.29) is 10.7 Å². The maximum absolute atomic E-state index is 11.9. The number of nitrogens with one attached hydrogen (secondary N) is 1. The molecule has 0 spiro atoms. The monoisotopic (exact) mass is 381 g/mol. The van der Waals surface area contributed by atoms with Gasteiger partial charge < -0.3 is 0 Å². The van der Waals surface area contributed by atoms with Gasteiger partial charge in [0.25, 0.3) is 11.6 Å². The molecule has 0 aliphatic carbocycles. The molecule has 8 heteroatoms. The molecule has 2 aromatic carbocycles. The van der Waals surface area contributed by atoms with E-state index in [1.165, 1.54) is 18.3 Å². The normalized spacial score (nSPS) is 10.6. The van der Waals surface area contributed by atoms with Crippen molar-refractivity contribution in [2.45, 2.75) is 0 Å². The molecule has 0 atom stereocenters. The molecular weight excluding hydrogens is 374 g/mol. The van der Waals surface area contributed by atoms with Crippen molar-refractivity contribution in [2.75, 3.05) is 0 Å². The molecule has 0 heterocycles. The summed E-state index contributed by atoms with van der Waals surface area (Å²) in [6.07, 6.45) is 1.30. The Labute approximate surface area is 139 Å². The van der Waals surface area contributed by atoms with Crippen LogP contribution in [0.3, 0.4) is 0 Å². The van der Waals surface area contributed by atoms with E-state index in [2.05, 4.69) is 26.5 Å². The average molecular weight is 383 g/mol. The molecule has 112 valence electrons. The molecule has 0 bridgehead atoms. The maximum atomic E-state index is 11.9. The second-order valence-electron chi connectivity index (χ2n) is 4.15. The van der Waals surface area contributed by atoms with Crippen LogP contribution in [0.5, 0.6) is 0 Å². The lowest BCUT2D eigenvalue weighted by molar-refractivity contribution is -0.384. The average Bonchev–Trinajstić information content (AvgIpc) is 2.49. The summed E-state index contributed by atoms with van der Waals surface area (Å²) in [6, 6.07) is 11.1. The standard InChI is InChI=1S/C14H9BrClN3O3/c15-11-4-2-1-3-10(11)14(20)18-17-8-9-5-6-12(16)13(7-9)19(21)22/h1-8H,(H,18,20)/b17-8+. The van der Waals surface area contributed by atoms with E-state index in [1.54, 1.807) is 30.3 Å². The van der Waals surface area contributed by atoms with Crippen LogP contribution >= 0.6 is 27.5 Å². The Morgan fingerprint density at radius 3 is 2.73 bits per heavy atom. The highest BCUT2D eigenvalue weighted by molar-refractivity contribution is 9.10. The van der Waals surface area contributed by atoms with E-state index in [0.717, 1.165) is 0 Å². The van der Waals surface area contributed by atoms with E-state index in [9.17, 15) is 14.9 Å². The van der Waals surface area contributed by atoms with E-state index < -0.39 is 10.8 Å². The number of hydrazone groups is 1. The van der Waals surface area contributed by atoms with Gasteiger partial charge in [-0.1, -0.05) is 29.8 Å². The maximum Gasteiger partial charge on any atom is 0.288 e. The van der Waals surface area contributed by atoms with Crippen molar-refractivity contribution >= 4 is 45.3 Å². The number of benzene rings is 2. The highest BCUT2D eigenvalue weighted by atomic mass is 79.9. The van der Waals surface area contributed by atoms with E-state index in [0.29, 0.717) is 15.6 Å². The van der Waals surface area contributed by atoms with Crippen molar-refractivity contribution < 1.29 is 9.72 Å². The summed E-state index contributed by atoms with van der Waals surface area (Å²) >= 11 is 8.98. The van der Waals surface area contributed by atoms with Crippen molar-refractivity contribution in [3.05, 3.63) is 73.2 Å². The molecule has 1 N–H and O–H groups in total. The predicted octanol–water partition coefficient (Wildman–Crippen LogP) is 3.77. The summed E-state index contributed by atoms with van der Waals surface area (Å²) in [5.74, 6) is -0.396. The summed E-state index contributed by atoms with van der Waals surface area (Å²) in [6.45, 7) is 0. The number of carbonyl (C=O) groups is 1. The smallest absolute Gasteiger partial charge is 0.267 e. The third-order valence-electron chi connectivity index (χ3n) is 2.67. The van der Waals surface area contributed by atoms with Crippen LogP contribution in [0.15, 0.2) is 52.0 Å². The fraction of sp³-hybridized carbons (Fsp3) is 0. The summed E-state index contributed by atoms with van der Waals surface area (Å²) < 4.78 is 0.643. The molecular formula is C14H9BrClN3O3. The molecule has 0 unspecified atom stereocenters. The zero-order valence-corrected chi connectivity index (χ0v) is 13.3. The fourth-order valence-corrected chi connectivity index (χ4v) is 2.27. The van der Waals surface area contributed by atoms with Gasteiger partial charge in [-0.25, -0.2) is 5.43 Å². The Bertz CT molecular complexity index is 765. The quantitative estimate of drug-likeness (QED) is 0.496. The Hall–Kier alpha value is -2.25. The molecule has 0 saturated heterocycles. The van der Waals surface area contributed by atoms with E-state index in [4.69, 9.17) is 11.6 Å². The third-order valence-corrected chi connectivity index (χ3v) is 3.68. The van der Waals surface area contributed by atoms with Gasteiger partial charge in [0, 0.05) is 16.1 Å². The van der Waals surface area contributed by atoms with Crippen molar-refractivity contribution in [3.8, 4) is 0 Å². The van der Waals surface area contributed by atoms with E-state index >= 15 is 0 Å². The van der Waals surface area contributed by atoms with Gasteiger partial charge >= 0.3 is 0 Å². The highest BCUT2D eigenvalue weighted by Gasteiger charge is 2.12. The number of halogens is 2. The van der Waals surface area contributed by atoms with Crippen molar-refractivity contribution in [1.29, 1.82) is 0 Å². The molecule has 0 aliphatic heterocycles. The number of hydrogen-bond acceptors (Lipinski definition) is 4. The summed E-state index contributed by atoms with van der Waals surface area (Å²) in [4.78, 5) is 22.1.